The van der Waals surface area contributed by atoms with Gasteiger partial charge < -0.3 is 20.7 Å². The monoisotopic (exact) mass is 370 g/mol. The first-order valence-corrected chi connectivity index (χ1v) is 8.01. The predicted molar refractivity (Wildman–Crippen MR) is 92.3 cm³/mol. The lowest BCUT2D eigenvalue weighted by molar-refractivity contribution is 0.0954. The number of hydrogen-bond acceptors (Lipinski definition) is 3. The number of ether oxygens (including phenoxy) is 1. The molecule has 1 amide bonds. The molecule has 0 aliphatic rings. The Morgan fingerprint density at radius 2 is 2.05 bits per heavy atom. The molecule has 1 aromatic carbocycles. The van der Waals surface area contributed by atoms with Gasteiger partial charge in [0.15, 0.2) is 5.96 Å². The van der Waals surface area contributed by atoms with Gasteiger partial charge in [-0.15, -0.1) is 0 Å². The maximum atomic E-state index is 12.0. The van der Waals surface area contributed by atoms with Gasteiger partial charge in [-0.3, -0.25) is 9.79 Å². The van der Waals surface area contributed by atoms with E-state index in [0.717, 1.165) is 17.0 Å². The third-order valence-electron chi connectivity index (χ3n) is 2.70. The maximum absolute atomic E-state index is 12.0. The molecule has 7 heteroatoms. The largest absolute Gasteiger partial charge is 0.383 e. The van der Waals surface area contributed by atoms with Crippen LogP contribution in [0.5, 0.6) is 0 Å². The second-order valence-corrected chi connectivity index (χ2v) is 5.36. The summed E-state index contributed by atoms with van der Waals surface area (Å²) in [6, 6.07) is 7.29. The summed E-state index contributed by atoms with van der Waals surface area (Å²) in [5, 5.41) is 9.15. The first-order valence-electron chi connectivity index (χ1n) is 7.22. The lowest BCUT2D eigenvalue weighted by atomic mass is 10.2. The van der Waals surface area contributed by atoms with E-state index < -0.39 is 0 Å². The van der Waals surface area contributed by atoms with Crippen molar-refractivity contribution in [1.29, 1.82) is 0 Å². The molecule has 0 aliphatic carbocycles. The number of benzene rings is 1. The van der Waals surface area contributed by atoms with Crippen LogP contribution in [-0.4, -0.2) is 51.8 Å². The number of nitrogens with one attached hydrogen (secondary N) is 3. The van der Waals surface area contributed by atoms with Crippen molar-refractivity contribution in [3.63, 3.8) is 0 Å². The van der Waals surface area contributed by atoms with Gasteiger partial charge in [0.05, 0.1) is 13.2 Å². The van der Waals surface area contributed by atoms with Crippen LogP contribution in [0.15, 0.2) is 33.7 Å². The average Bonchev–Trinajstić information content (AvgIpc) is 2.51. The van der Waals surface area contributed by atoms with Gasteiger partial charge in [0.25, 0.3) is 5.91 Å². The summed E-state index contributed by atoms with van der Waals surface area (Å²) in [4.78, 5) is 16.3. The normalized spacial score (nSPS) is 11.1. The maximum Gasteiger partial charge on any atom is 0.251 e. The van der Waals surface area contributed by atoms with Gasteiger partial charge >= 0.3 is 0 Å². The molecule has 0 saturated carbocycles. The van der Waals surface area contributed by atoms with Crippen LogP contribution in [-0.2, 0) is 4.74 Å². The third kappa shape index (κ3) is 7.42. The number of halogens is 1. The van der Waals surface area contributed by atoms with Crippen molar-refractivity contribution in [3.05, 3.63) is 34.3 Å². The van der Waals surface area contributed by atoms with Gasteiger partial charge in [0.1, 0.15) is 0 Å². The molecule has 0 saturated heterocycles. The summed E-state index contributed by atoms with van der Waals surface area (Å²) in [6.45, 7) is 5.07. The first-order chi connectivity index (χ1) is 10.7. The Bertz CT molecular complexity index is 494. The summed E-state index contributed by atoms with van der Waals surface area (Å²) in [6.07, 6.45) is 0. The van der Waals surface area contributed by atoms with Crippen molar-refractivity contribution in [2.24, 2.45) is 4.99 Å². The highest BCUT2D eigenvalue weighted by Crippen LogP contribution is 2.11. The molecule has 0 spiro atoms. The van der Waals surface area contributed by atoms with E-state index in [1.165, 1.54) is 0 Å². The lowest BCUT2D eigenvalue weighted by Crippen LogP contribution is -2.41. The van der Waals surface area contributed by atoms with Crippen molar-refractivity contribution in [2.45, 2.75) is 6.92 Å². The van der Waals surface area contributed by atoms with Crippen LogP contribution in [0.25, 0.3) is 0 Å². The fourth-order valence-electron chi connectivity index (χ4n) is 1.68. The molecule has 6 nitrogen and oxygen atoms in total. The fraction of sp³-hybridized carbons (Fsp3) is 0.467. The van der Waals surface area contributed by atoms with Crippen LogP contribution in [0.3, 0.4) is 0 Å². The number of guanidine groups is 1. The zero-order valence-electron chi connectivity index (χ0n) is 13.0. The van der Waals surface area contributed by atoms with E-state index in [2.05, 4.69) is 36.9 Å². The summed E-state index contributed by atoms with van der Waals surface area (Å²) in [5.41, 5.74) is 0.634. The molecule has 22 heavy (non-hydrogen) atoms. The predicted octanol–water partition coefficient (Wildman–Crippen LogP) is 1.38. The topological polar surface area (TPSA) is 74.8 Å². The lowest BCUT2D eigenvalue weighted by Gasteiger charge is -2.12. The minimum Gasteiger partial charge on any atom is -0.383 e. The number of carbonyl (C=O) groups is 1. The van der Waals surface area contributed by atoms with Crippen LogP contribution in [0.4, 0.5) is 0 Å². The third-order valence-corrected chi connectivity index (χ3v) is 3.19. The average molecular weight is 371 g/mol. The van der Waals surface area contributed by atoms with E-state index in [9.17, 15) is 4.79 Å². The summed E-state index contributed by atoms with van der Waals surface area (Å²) < 4.78 is 5.85. The minimum absolute atomic E-state index is 0.0931. The van der Waals surface area contributed by atoms with Crippen LogP contribution < -0.4 is 16.0 Å². The molecule has 0 aliphatic heterocycles. The highest BCUT2D eigenvalue weighted by Gasteiger charge is 2.04. The van der Waals surface area contributed by atoms with E-state index in [1.54, 1.807) is 19.2 Å². The molecule has 0 aromatic heterocycles. The summed E-state index contributed by atoms with van der Waals surface area (Å²) in [5.74, 6) is 0.626. The summed E-state index contributed by atoms with van der Waals surface area (Å²) >= 11 is 3.35. The van der Waals surface area contributed by atoms with Gasteiger partial charge in [-0.2, -0.15) is 0 Å². The zero-order valence-corrected chi connectivity index (χ0v) is 14.6. The van der Waals surface area contributed by atoms with E-state index >= 15 is 0 Å². The van der Waals surface area contributed by atoms with Crippen LogP contribution >= 0.6 is 15.9 Å². The molecule has 3 N–H and O–H groups in total. The number of amides is 1. The first kappa shape index (κ1) is 18.4. The van der Waals surface area contributed by atoms with Gasteiger partial charge in [0.2, 0.25) is 0 Å². The van der Waals surface area contributed by atoms with Crippen molar-refractivity contribution in [1.82, 2.24) is 16.0 Å². The molecular formula is C15H23BrN4O2. The minimum atomic E-state index is -0.0931. The Morgan fingerprint density at radius 1 is 1.27 bits per heavy atom. The van der Waals surface area contributed by atoms with Crippen LogP contribution in [0.2, 0.25) is 0 Å². The molecule has 0 radical (unpaired) electrons. The number of aliphatic imine (C=N–C) groups is 1. The van der Waals surface area contributed by atoms with Crippen molar-refractivity contribution in [2.75, 3.05) is 39.9 Å². The Kier molecular flexibility index (Phi) is 9.25. The molecule has 122 valence electrons. The van der Waals surface area contributed by atoms with Gasteiger partial charge in [0, 0.05) is 36.8 Å². The van der Waals surface area contributed by atoms with Gasteiger partial charge in [-0.25, -0.2) is 0 Å². The van der Waals surface area contributed by atoms with Crippen molar-refractivity contribution >= 4 is 27.8 Å². The molecule has 0 atom stereocenters. The fourth-order valence-corrected chi connectivity index (χ4v) is 2.08. The second-order valence-electron chi connectivity index (χ2n) is 4.45. The smallest absolute Gasteiger partial charge is 0.251 e. The Hall–Kier alpha value is -1.60. The molecule has 0 heterocycles. The standard InChI is InChI=1S/C15H23BrN4O2/c1-3-17-15(20-9-10-22-2)19-8-7-18-14(21)12-5-4-6-13(16)11-12/h4-6,11H,3,7-10H2,1-2H3,(H,18,21)(H2,17,19,20). The Balaban J connectivity index is 2.33. The Labute approximate surface area is 139 Å². The van der Waals surface area contributed by atoms with Crippen LogP contribution in [0, 0.1) is 0 Å². The highest BCUT2D eigenvalue weighted by atomic mass is 79.9. The number of nitrogens with zero attached hydrogens (tertiary/aromatic N) is 1. The Morgan fingerprint density at radius 3 is 2.73 bits per heavy atom. The number of rotatable bonds is 8. The molecule has 1 aromatic rings. The number of carbonyl (C=O) groups excluding carboxylic acids is 1. The van der Waals surface area contributed by atoms with Gasteiger partial charge in [-0.05, 0) is 25.1 Å². The SMILES string of the molecule is CCNC(=NCCOC)NCCNC(=O)c1cccc(Br)c1. The second kappa shape index (κ2) is 11.0. The van der Waals surface area contributed by atoms with E-state index in [-0.39, 0.29) is 5.91 Å². The highest BCUT2D eigenvalue weighted by molar-refractivity contribution is 9.10. The molecule has 1 rings (SSSR count). The van der Waals surface area contributed by atoms with E-state index in [1.807, 2.05) is 19.1 Å². The molecule has 0 unspecified atom stereocenters. The van der Waals surface area contributed by atoms with Gasteiger partial charge in [-0.1, -0.05) is 22.0 Å². The summed E-state index contributed by atoms with van der Waals surface area (Å²) in [7, 11) is 1.65. The molecular weight excluding hydrogens is 348 g/mol. The molecule has 0 fully saturated rings. The van der Waals surface area contributed by atoms with Crippen molar-refractivity contribution in [3.8, 4) is 0 Å². The number of hydrogen-bond donors (Lipinski definition) is 3. The van der Waals surface area contributed by atoms with E-state index in [0.29, 0.717) is 31.8 Å². The van der Waals surface area contributed by atoms with E-state index in [4.69, 9.17) is 4.74 Å². The number of methoxy groups -OCH3 is 1. The quantitative estimate of drug-likeness (QED) is 0.367. The van der Waals surface area contributed by atoms with Crippen molar-refractivity contribution < 1.29 is 9.53 Å². The zero-order chi connectivity index (χ0) is 16.2. The van der Waals surface area contributed by atoms with Crippen LogP contribution in [0.1, 0.15) is 17.3 Å². The molecule has 0 bridgehead atoms.